The smallest absolute Gasteiger partial charge is 0.243 e. The third kappa shape index (κ3) is 3.46. The van der Waals surface area contributed by atoms with Crippen LogP contribution in [0.4, 0.5) is 11.6 Å². The molecule has 9 heteroatoms. The van der Waals surface area contributed by atoms with Gasteiger partial charge in [-0.3, -0.25) is 10.8 Å². The standard InChI is InChI=1S/C25H32N8O/c1-14-9-18(12-28-23(14)32-8-7-27-15(2)13-32)16-10-17(11-16)22-30-24-19-5-4-6-20(34-3)21(19)29-25(26)33(24)31-22/h4-6,9,12,15-17,22,26-27,30-31H,7-8,10-11,13H2,1-3H3/t15-,16?,17?,22?/m1/s1. The van der Waals surface area contributed by atoms with Crippen molar-refractivity contribution in [3.05, 3.63) is 47.2 Å². The Bertz CT molecular complexity index is 1300. The van der Waals surface area contributed by atoms with Crippen LogP contribution < -0.4 is 31.3 Å². The molecule has 3 aromatic rings. The Morgan fingerprint density at radius 1 is 1.24 bits per heavy atom. The summed E-state index contributed by atoms with van der Waals surface area (Å²) < 4.78 is 7.22. The van der Waals surface area contributed by atoms with Crippen LogP contribution >= 0.6 is 0 Å². The number of nitrogens with one attached hydrogen (secondary N) is 4. The molecule has 34 heavy (non-hydrogen) atoms. The number of ether oxygens (including phenoxy) is 1. The lowest BCUT2D eigenvalue weighted by molar-refractivity contribution is 0.240. The summed E-state index contributed by atoms with van der Waals surface area (Å²) >= 11 is 0. The molecule has 1 aliphatic carbocycles. The lowest BCUT2D eigenvalue weighted by Crippen LogP contribution is -2.49. The van der Waals surface area contributed by atoms with Gasteiger partial charge in [-0.2, -0.15) is 0 Å². The van der Waals surface area contributed by atoms with Crippen molar-refractivity contribution in [2.75, 3.05) is 42.4 Å². The van der Waals surface area contributed by atoms with Gasteiger partial charge in [0.2, 0.25) is 5.62 Å². The molecule has 6 rings (SSSR count). The molecular formula is C25H32N8O. The molecule has 9 nitrogen and oxygen atoms in total. The highest BCUT2D eigenvalue weighted by Gasteiger charge is 2.39. The van der Waals surface area contributed by atoms with Crippen molar-refractivity contribution in [1.82, 2.24) is 20.0 Å². The fraction of sp³-hybridized carbons (Fsp3) is 0.480. The molecule has 1 unspecified atom stereocenters. The SMILES string of the molecule is COc1cccc2c3n(c(=N)nc12)NC(C1CC(c2cnc(N4CCN[C@H](C)C4)c(C)c2)C1)N3. The number of para-hydroxylation sites is 1. The highest BCUT2D eigenvalue weighted by molar-refractivity contribution is 5.93. The van der Waals surface area contributed by atoms with E-state index in [-0.39, 0.29) is 11.8 Å². The summed E-state index contributed by atoms with van der Waals surface area (Å²) in [6.07, 6.45) is 4.34. The number of rotatable bonds is 4. The zero-order valence-corrected chi connectivity index (χ0v) is 19.9. The van der Waals surface area contributed by atoms with Gasteiger partial charge in [0.05, 0.1) is 7.11 Å². The summed E-state index contributed by atoms with van der Waals surface area (Å²) in [4.78, 5) is 11.7. The van der Waals surface area contributed by atoms with Crippen LogP contribution in [0.2, 0.25) is 0 Å². The van der Waals surface area contributed by atoms with Crippen molar-refractivity contribution < 1.29 is 4.74 Å². The molecule has 0 amide bonds. The Morgan fingerprint density at radius 2 is 2.09 bits per heavy atom. The van der Waals surface area contributed by atoms with Crippen molar-refractivity contribution in [1.29, 1.82) is 5.41 Å². The van der Waals surface area contributed by atoms with Crippen LogP contribution in [-0.4, -0.2) is 53.6 Å². The minimum atomic E-state index is 0.0783. The van der Waals surface area contributed by atoms with E-state index in [1.807, 2.05) is 18.2 Å². The Balaban J connectivity index is 1.16. The fourth-order valence-electron chi connectivity index (χ4n) is 5.66. The highest BCUT2D eigenvalue weighted by Crippen LogP contribution is 2.45. The van der Waals surface area contributed by atoms with Crippen molar-refractivity contribution in [2.24, 2.45) is 5.92 Å². The summed E-state index contributed by atoms with van der Waals surface area (Å²) in [6, 6.07) is 8.69. The molecule has 0 spiro atoms. The van der Waals surface area contributed by atoms with Gasteiger partial charge in [0.15, 0.2) is 0 Å². The van der Waals surface area contributed by atoms with Gasteiger partial charge in [-0.05, 0) is 55.9 Å². The number of nitrogens with zero attached hydrogens (tertiary/aromatic N) is 4. The molecular weight excluding hydrogens is 428 g/mol. The lowest BCUT2D eigenvalue weighted by Gasteiger charge is -2.39. The lowest BCUT2D eigenvalue weighted by atomic mass is 9.70. The van der Waals surface area contributed by atoms with Gasteiger partial charge in [0, 0.05) is 43.2 Å². The second-order valence-corrected chi connectivity index (χ2v) is 9.87. The van der Waals surface area contributed by atoms with E-state index in [1.165, 1.54) is 11.1 Å². The van der Waals surface area contributed by atoms with Gasteiger partial charge in [0.1, 0.15) is 29.1 Å². The summed E-state index contributed by atoms with van der Waals surface area (Å²) in [5.41, 5.74) is 6.95. The maximum Gasteiger partial charge on any atom is 0.243 e. The summed E-state index contributed by atoms with van der Waals surface area (Å²) in [5.74, 6) is 3.69. The van der Waals surface area contributed by atoms with E-state index in [1.54, 1.807) is 11.8 Å². The molecule has 1 saturated carbocycles. The minimum absolute atomic E-state index is 0.0783. The topological polar surface area (TPSA) is 103 Å². The van der Waals surface area contributed by atoms with E-state index in [4.69, 9.17) is 15.1 Å². The van der Waals surface area contributed by atoms with Crippen LogP contribution in [-0.2, 0) is 0 Å². The summed E-state index contributed by atoms with van der Waals surface area (Å²) in [6.45, 7) is 7.43. The number of hydrogen-bond acceptors (Lipinski definition) is 8. The first-order valence-electron chi connectivity index (χ1n) is 12.1. The zero-order chi connectivity index (χ0) is 23.4. The molecule has 2 aliphatic heterocycles. The Morgan fingerprint density at radius 3 is 2.85 bits per heavy atom. The van der Waals surface area contributed by atoms with E-state index in [0.717, 1.165) is 49.5 Å². The van der Waals surface area contributed by atoms with Gasteiger partial charge in [-0.1, -0.05) is 12.1 Å². The highest BCUT2D eigenvalue weighted by atomic mass is 16.5. The number of piperazine rings is 1. The monoisotopic (exact) mass is 460 g/mol. The Kier molecular flexibility index (Phi) is 5.09. The third-order valence-electron chi connectivity index (χ3n) is 7.54. The van der Waals surface area contributed by atoms with Crippen LogP contribution in [0.15, 0.2) is 30.5 Å². The number of fused-ring (bicyclic) bond motifs is 3. The van der Waals surface area contributed by atoms with Gasteiger partial charge in [-0.15, -0.1) is 0 Å². The van der Waals surface area contributed by atoms with Crippen LogP contribution in [0.5, 0.6) is 5.75 Å². The molecule has 1 saturated heterocycles. The van der Waals surface area contributed by atoms with Gasteiger partial charge in [0.25, 0.3) is 0 Å². The second-order valence-electron chi connectivity index (χ2n) is 9.87. The average molecular weight is 461 g/mol. The normalized spacial score (nSPS) is 25.9. The average Bonchev–Trinajstić information content (AvgIpc) is 3.24. The molecule has 0 radical (unpaired) electrons. The zero-order valence-electron chi connectivity index (χ0n) is 19.9. The molecule has 1 aromatic carbocycles. The number of hydrogen-bond donors (Lipinski definition) is 4. The molecule has 4 N–H and O–H groups in total. The van der Waals surface area contributed by atoms with Crippen molar-refractivity contribution >= 4 is 22.5 Å². The van der Waals surface area contributed by atoms with Gasteiger partial charge >= 0.3 is 0 Å². The Labute approximate surface area is 199 Å². The van der Waals surface area contributed by atoms with Crippen LogP contribution in [0, 0.1) is 18.3 Å². The summed E-state index contributed by atoms with van der Waals surface area (Å²) in [7, 11) is 1.64. The second kappa shape index (κ2) is 8.16. The van der Waals surface area contributed by atoms with Gasteiger partial charge < -0.3 is 20.3 Å². The molecule has 3 aliphatic rings. The molecule has 4 heterocycles. The molecule has 2 fully saturated rings. The maximum absolute atomic E-state index is 8.40. The molecule has 2 aromatic heterocycles. The van der Waals surface area contributed by atoms with Crippen molar-refractivity contribution in [3.8, 4) is 5.75 Å². The number of benzene rings is 1. The first kappa shape index (κ1) is 21.2. The number of aromatic nitrogens is 3. The first-order valence-corrected chi connectivity index (χ1v) is 12.1. The molecule has 2 atom stereocenters. The van der Waals surface area contributed by atoms with Crippen LogP contribution in [0.3, 0.4) is 0 Å². The van der Waals surface area contributed by atoms with E-state index in [2.05, 4.69) is 52.1 Å². The van der Waals surface area contributed by atoms with E-state index < -0.39 is 0 Å². The van der Waals surface area contributed by atoms with E-state index >= 15 is 0 Å². The molecule has 178 valence electrons. The van der Waals surface area contributed by atoms with Crippen LogP contribution in [0.25, 0.3) is 10.9 Å². The summed E-state index contributed by atoms with van der Waals surface area (Å²) in [5, 5.41) is 16.5. The number of aryl methyl sites for hydroxylation is 1. The Hall–Kier alpha value is -3.33. The maximum atomic E-state index is 8.40. The fourth-order valence-corrected chi connectivity index (χ4v) is 5.66. The number of pyridine rings is 1. The van der Waals surface area contributed by atoms with Crippen molar-refractivity contribution in [3.63, 3.8) is 0 Å². The van der Waals surface area contributed by atoms with Crippen LogP contribution in [0.1, 0.15) is 36.8 Å². The minimum Gasteiger partial charge on any atom is -0.494 e. The van der Waals surface area contributed by atoms with Gasteiger partial charge in [-0.25, -0.2) is 14.6 Å². The number of anilines is 2. The third-order valence-corrected chi connectivity index (χ3v) is 7.54. The van der Waals surface area contributed by atoms with E-state index in [9.17, 15) is 0 Å². The predicted molar refractivity (Wildman–Crippen MR) is 133 cm³/mol. The first-order chi connectivity index (χ1) is 16.5. The largest absolute Gasteiger partial charge is 0.494 e. The van der Waals surface area contributed by atoms with E-state index in [0.29, 0.717) is 29.1 Å². The number of methoxy groups -OCH3 is 1. The van der Waals surface area contributed by atoms with Crippen molar-refractivity contribution in [2.45, 2.75) is 44.8 Å². The predicted octanol–water partition coefficient (Wildman–Crippen LogP) is 2.51. The molecule has 0 bridgehead atoms. The quantitative estimate of drug-likeness (QED) is 0.474.